The fourth-order valence-corrected chi connectivity index (χ4v) is 1.73. The third-order valence-electron chi connectivity index (χ3n) is 2.81. The van der Waals surface area contributed by atoms with Gasteiger partial charge in [-0.1, -0.05) is 0 Å². The largest absolute Gasteiger partial charge is 0.489 e. The minimum absolute atomic E-state index is 0.142. The van der Waals surface area contributed by atoms with Gasteiger partial charge in [-0.3, -0.25) is 0 Å². The van der Waals surface area contributed by atoms with Crippen LogP contribution < -0.4 is 10.5 Å². The Morgan fingerprint density at radius 3 is 2.17 bits per heavy atom. The molecule has 0 aliphatic carbocycles. The molecular weight excluding hydrogens is 320 g/mol. The van der Waals surface area contributed by atoms with Crippen molar-refractivity contribution in [2.45, 2.75) is 24.7 Å². The van der Waals surface area contributed by atoms with E-state index < -0.39 is 35.8 Å². The molecule has 2 rings (SSSR count). The predicted octanol–water partition coefficient (Wildman–Crippen LogP) is -0.896. The number of aliphatic carboxylic acids is 2. The van der Waals surface area contributed by atoms with E-state index in [1.807, 2.05) is 0 Å². The minimum Gasteiger partial charge on any atom is -0.489 e. The van der Waals surface area contributed by atoms with Gasteiger partial charge in [0.2, 0.25) is 0 Å². The van der Waals surface area contributed by atoms with Crippen LogP contribution in [-0.4, -0.2) is 57.2 Å². The van der Waals surface area contributed by atoms with Crippen LogP contribution in [0.1, 0.15) is 5.56 Å². The molecule has 0 saturated carbocycles. The molecule has 10 heteroatoms. The average Bonchev–Trinajstić information content (AvgIpc) is 2.45. The number of hydrogen-bond donors (Lipinski definition) is 5. The van der Waals surface area contributed by atoms with Crippen LogP contribution in [-0.2, 0) is 16.0 Å². The molecule has 0 bridgehead atoms. The molecule has 1 aliphatic heterocycles. The van der Waals surface area contributed by atoms with E-state index in [4.69, 9.17) is 30.9 Å². The lowest BCUT2D eigenvalue weighted by Crippen LogP contribution is -2.39. The number of carboxylic acid groups (broad SMARTS) is 2. The van der Waals surface area contributed by atoms with Gasteiger partial charge in [0, 0.05) is 17.7 Å². The Balaban J connectivity index is 0.000000241. The van der Waals surface area contributed by atoms with Gasteiger partial charge in [-0.05, 0) is 12.5 Å². The molecule has 0 aromatic heterocycles. The molecule has 0 saturated heterocycles. The molecule has 0 unspecified atom stereocenters. The van der Waals surface area contributed by atoms with E-state index in [1.165, 1.54) is 6.07 Å². The normalized spacial score (nSPS) is 18.6. The number of ether oxygens (including phenoxy) is 1. The quantitative estimate of drug-likeness (QED) is 0.477. The molecule has 1 heterocycles. The van der Waals surface area contributed by atoms with Crippen molar-refractivity contribution >= 4 is 11.9 Å². The van der Waals surface area contributed by atoms with Crippen LogP contribution in [0.4, 0.5) is 8.78 Å². The molecule has 1 aromatic rings. The summed E-state index contributed by atoms with van der Waals surface area (Å²) in [6, 6.07) is 1.90. The summed E-state index contributed by atoms with van der Waals surface area (Å²) >= 11 is 0. The van der Waals surface area contributed by atoms with E-state index in [2.05, 4.69) is 0 Å². The van der Waals surface area contributed by atoms with Gasteiger partial charge in [-0.15, -0.1) is 0 Å². The molecule has 23 heavy (non-hydrogen) atoms. The standard InChI is InChI=1S/C9H9F2NO.C4H6O6/c10-6-1-5-2-7(12)4-13-9(5)8(11)3-6;5-1(3(7)8)2(6)4(9)10/h1,3,7H,2,4,12H2;1-2,5-6H,(H,7,8)(H,9,10)/t7-;1-,2-/m10/s1. The van der Waals surface area contributed by atoms with Crippen LogP contribution >= 0.6 is 0 Å². The number of hydrogen-bond acceptors (Lipinski definition) is 6. The van der Waals surface area contributed by atoms with Crippen LogP contribution in [0.25, 0.3) is 0 Å². The molecule has 6 N–H and O–H groups in total. The number of aliphatic hydroxyl groups is 2. The van der Waals surface area contributed by atoms with Gasteiger partial charge in [0.05, 0.1) is 0 Å². The molecular formula is C13H15F2NO7. The highest BCUT2D eigenvalue weighted by molar-refractivity contribution is 5.83. The monoisotopic (exact) mass is 335 g/mol. The Morgan fingerprint density at radius 2 is 1.70 bits per heavy atom. The predicted molar refractivity (Wildman–Crippen MR) is 70.8 cm³/mol. The number of fused-ring (bicyclic) bond motifs is 1. The lowest BCUT2D eigenvalue weighted by molar-refractivity contribution is -0.165. The first-order chi connectivity index (χ1) is 10.6. The topological polar surface area (TPSA) is 150 Å². The third kappa shape index (κ3) is 5.13. The lowest BCUT2D eigenvalue weighted by Gasteiger charge is -2.22. The summed E-state index contributed by atoms with van der Waals surface area (Å²) in [6.07, 6.45) is -4.07. The van der Waals surface area contributed by atoms with Crippen molar-refractivity contribution in [3.05, 3.63) is 29.3 Å². The van der Waals surface area contributed by atoms with Gasteiger partial charge in [0.25, 0.3) is 0 Å². The zero-order chi connectivity index (χ0) is 17.7. The minimum atomic E-state index is -2.27. The van der Waals surface area contributed by atoms with E-state index in [0.29, 0.717) is 12.0 Å². The van der Waals surface area contributed by atoms with E-state index >= 15 is 0 Å². The van der Waals surface area contributed by atoms with E-state index in [1.54, 1.807) is 0 Å². The number of rotatable bonds is 3. The van der Waals surface area contributed by atoms with Crippen molar-refractivity contribution < 1.29 is 43.5 Å². The second kappa shape index (κ2) is 7.81. The van der Waals surface area contributed by atoms with Crippen molar-refractivity contribution in [1.82, 2.24) is 0 Å². The molecule has 8 nitrogen and oxygen atoms in total. The lowest BCUT2D eigenvalue weighted by atomic mass is 10.0. The van der Waals surface area contributed by atoms with Crippen molar-refractivity contribution in [2.75, 3.05) is 6.61 Å². The molecule has 3 atom stereocenters. The van der Waals surface area contributed by atoms with Crippen LogP contribution in [0.5, 0.6) is 5.75 Å². The van der Waals surface area contributed by atoms with Crippen molar-refractivity contribution in [3.63, 3.8) is 0 Å². The highest BCUT2D eigenvalue weighted by atomic mass is 19.1. The fourth-order valence-electron chi connectivity index (χ4n) is 1.73. The van der Waals surface area contributed by atoms with Crippen LogP contribution in [0, 0.1) is 11.6 Å². The smallest absolute Gasteiger partial charge is 0.335 e. The molecule has 1 aromatic carbocycles. The Labute approximate surface area is 128 Å². The molecule has 0 radical (unpaired) electrons. The highest BCUT2D eigenvalue weighted by Gasteiger charge is 2.29. The molecule has 1 aliphatic rings. The summed E-state index contributed by atoms with van der Waals surface area (Å²) in [5.74, 6) is -4.64. The second-order valence-electron chi connectivity index (χ2n) is 4.72. The summed E-state index contributed by atoms with van der Waals surface area (Å²) in [7, 11) is 0. The second-order valence-corrected chi connectivity index (χ2v) is 4.72. The maximum absolute atomic E-state index is 13.1. The molecule has 0 amide bonds. The number of carbonyl (C=O) groups is 2. The fraction of sp³-hybridized carbons (Fsp3) is 0.385. The van der Waals surface area contributed by atoms with E-state index in [-0.39, 0.29) is 18.4 Å². The van der Waals surface area contributed by atoms with Crippen LogP contribution in [0.2, 0.25) is 0 Å². The number of carboxylic acids is 2. The number of benzene rings is 1. The van der Waals surface area contributed by atoms with Crippen molar-refractivity contribution in [2.24, 2.45) is 5.73 Å². The zero-order valence-electron chi connectivity index (χ0n) is 11.6. The summed E-state index contributed by atoms with van der Waals surface area (Å²) in [5.41, 5.74) is 6.09. The Kier molecular flexibility index (Phi) is 6.37. The third-order valence-corrected chi connectivity index (χ3v) is 2.81. The first-order valence-electron chi connectivity index (χ1n) is 6.31. The average molecular weight is 335 g/mol. The van der Waals surface area contributed by atoms with Gasteiger partial charge in [0.15, 0.2) is 23.8 Å². The van der Waals surface area contributed by atoms with E-state index in [0.717, 1.165) is 6.07 Å². The van der Waals surface area contributed by atoms with Gasteiger partial charge in [-0.2, -0.15) is 0 Å². The SMILES string of the molecule is N[C@H]1COc2c(F)cc(F)cc2C1.O=C(O)[C@@H](O)[C@H](O)C(=O)O. The Hall–Kier alpha value is -2.30. The van der Waals surface area contributed by atoms with Gasteiger partial charge in [-0.25, -0.2) is 18.4 Å². The van der Waals surface area contributed by atoms with E-state index in [9.17, 15) is 18.4 Å². The Morgan fingerprint density at radius 1 is 1.17 bits per heavy atom. The summed E-state index contributed by atoms with van der Waals surface area (Å²) in [4.78, 5) is 19.5. The van der Waals surface area contributed by atoms with Crippen LogP contribution in [0.15, 0.2) is 12.1 Å². The maximum Gasteiger partial charge on any atom is 0.335 e. The number of aliphatic hydroxyl groups excluding tert-OH is 2. The summed E-state index contributed by atoms with van der Waals surface area (Å²) in [5, 5.41) is 32.5. The number of halogens is 2. The van der Waals surface area contributed by atoms with Gasteiger partial charge < -0.3 is 30.9 Å². The first-order valence-corrected chi connectivity index (χ1v) is 6.31. The summed E-state index contributed by atoms with van der Waals surface area (Å²) < 4.78 is 30.9. The van der Waals surface area contributed by atoms with Crippen LogP contribution in [0.3, 0.4) is 0 Å². The van der Waals surface area contributed by atoms with Gasteiger partial charge >= 0.3 is 11.9 Å². The number of nitrogens with two attached hydrogens (primary N) is 1. The van der Waals surface area contributed by atoms with Gasteiger partial charge in [0.1, 0.15) is 12.4 Å². The molecule has 0 spiro atoms. The summed E-state index contributed by atoms with van der Waals surface area (Å²) in [6.45, 7) is 0.287. The maximum atomic E-state index is 13.1. The molecule has 128 valence electrons. The first kappa shape index (κ1) is 18.7. The highest BCUT2D eigenvalue weighted by Crippen LogP contribution is 2.28. The molecule has 0 fully saturated rings. The zero-order valence-corrected chi connectivity index (χ0v) is 11.6. The van der Waals surface area contributed by atoms with Crippen molar-refractivity contribution in [1.29, 1.82) is 0 Å². The Bertz CT molecular complexity index is 578. The van der Waals surface area contributed by atoms with Crippen molar-refractivity contribution in [3.8, 4) is 5.75 Å².